The molecule has 3 rings (SSSR count). The van der Waals surface area contributed by atoms with Crippen molar-refractivity contribution in [3.63, 3.8) is 0 Å². The molecule has 1 aromatic carbocycles. The van der Waals surface area contributed by atoms with Crippen molar-refractivity contribution in [3.8, 4) is 0 Å². The number of aromatic nitrogens is 2. The van der Waals surface area contributed by atoms with Crippen molar-refractivity contribution in [2.24, 2.45) is 5.92 Å². The van der Waals surface area contributed by atoms with Gasteiger partial charge in [0.25, 0.3) is 0 Å². The number of amides is 2. The number of nitrogens with zero attached hydrogens (tertiary/aromatic N) is 3. The minimum absolute atomic E-state index is 0.0368. The van der Waals surface area contributed by atoms with Crippen LogP contribution in [0.2, 0.25) is 0 Å². The molecule has 6 nitrogen and oxygen atoms in total. The summed E-state index contributed by atoms with van der Waals surface area (Å²) in [7, 11) is 1.73. The number of ether oxygens (including phenoxy) is 1. The number of carbonyl (C=O) groups is 1. The van der Waals surface area contributed by atoms with Gasteiger partial charge < -0.3 is 19.5 Å². The second-order valence-corrected chi connectivity index (χ2v) is 7.24. The molecule has 2 aromatic rings. The Hall–Kier alpha value is -2.34. The Kier molecular flexibility index (Phi) is 6.87. The molecule has 1 aromatic heterocycles. The van der Waals surface area contributed by atoms with Crippen LogP contribution in [0.25, 0.3) is 0 Å². The van der Waals surface area contributed by atoms with Crippen LogP contribution in [0.15, 0.2) is 36.5 Å². The number of rotatable bonds is 7. The Morgan fingerprint density at radius 1 is 1.26 bits per heavy atom. The number of hydrogen-bond donors (Lipinski definition) is 1. The highest BCUT2D eigenvalue weighted by atomic mass is 16.5. The van der Waals surface area contributed by atoms with E-state index >= 15 is 0 Å². The largest absolute Gasteiger partial charge is 0.383 e. The lowest BCUT2D eigenvalue weighted by atomic mass is 9.93. The van der Waals surface area contributed by atoms with Crippen LogP contribution in [0.3, 0.4) is 0 Å². The summed E-state index contributed by atoms with van der Waals surface area (Å²) in [6.07, 6.45) is 4.96. The van der Waals surface area contributed by atoms with E-state index in [0.717, 1.165) is 50.3 Å². The molecule has 0 bridgehead atoms. The molecule has 0 atom stereocenters. The quantitative estimate of drug-likeness (QED) is 0.815. The van der Waals surface area contributed by atoms with Gasteiger partial charge in [-0.15, -0.1) is 0 Å². The molecule has 0 radical (unpaired) electrons. The fourth-order valence-electron chi connectivity index (χ4n) is 3.65. The fraction of sp³-hybridized carbons (Fsp3) is 0.524. The van der Waals surface area contributed by atoms with Crippen molar-refractivity contribution in [1.82, 2.24) is 19.8 Å². The Balaban J connectivity index is 1.45. The summed E-state index contributed by atoms with van der Waals surface area (Å²) < 4.78 is 7.46. The molecule has 1 N–H and O–H groups in total. The summed E-state index contributed by atoms with van der Waals surface area (Å²) in [5.74, 6) is 1.71. The van der Waals surface area contributed by atoms with Crippen molar-refractivity contribution in [1.29, 1.82) is 0 Å². The smallest absolute Gasteiger partial charge is 0.317 e. The zero-order valence-electron chi connectivity index (χ0n) is 16.4. The van der Waals surface area contributed by atoms with E-state index < -0.39 is 0 Å². The molecule has 0 aliphatic carbocycles. The first-order valence-electron chi connectivity index (χ1n) is 9.74. The lowest BCUT2D eigenvalue weighted by molar-refractivity contribution is 0.168. The first-order valence-corrected chi connectivity index (χ1v) is 9.74. The van der Waals surface area contributed by atoms with Gasteiger partial charge in [-0.1, -0.05) is 30.3 Å². The third-order valence-corrected chi connectivity index (χ3v) is 5.32. The summed E-state index contributed by atoms with van der Waals surface area (Å²) in [5.41, 5.74) is 2.30. The minimum Gasteiger partial charge on any atom is -0.383 e. The highest BCUT2D eigenvalue weighted by molar-refractivity contribution is 5.74. The van der Waals surface area contributed by atoms with Gasteiger partial charge in [0.15, 0.2) is 0 Å². The van der Waals surface area contributed by atoms with Gasteiger partial charge in [-0.05, 0) is 31.2 Å². The van der Waals surface area contributed by atoms with Gasteiger partial charge in [0.05, 0.1) is 6.61 Å². The number of nitrogens with one attached hydrogen (secondary N) is 1. The van der Waals surface area contributed by atoms with Crippen LogP contribution in [0.5, 0.6) is 0 Å². The summed E-state index contributed by atoms with van der Waals surface area (Å²) in [5, 5.41) is 3.03. The molecule has 0 saturated carbocycles. The van der Waals surface area contributed by atoms with Crippen LogP contribution in [0, 0.1) is 12.8 Å². The molecule has 0 spiro atoms. The SMILES string of the molecule is COCCn1c(C)cnc1CC1CCN(C(=O)NCc2ccccc2)CC1. The number of urea groups is 1. The van der Waals surface area contributed by atoms with Crippen LogP contribution in [0.1, 0.15) is 29.9 Å². The van der Waals surface area contributed by atoms with Gasteiger partial charge in [-0.3, -0.25) is 0 Å². The van der Waals surface area contributed by atoms with E-state index in [4.69, 9.17) is 4.74 Å². The molecule has 1 aliphatic heterocycles. The number of piperidine rings is 1. The Morgan fingerprint density at radius 3 is 2.70 bits per heavy atom. The molecule has 2 heterocycles. The fourth-order valence-corrected chi connectivity index (χ4v) is 3.65. The lowest BCUT2D eigenvalue weighted by Crippen LogP contribution is -2.44. The average molecular weight is 370 g/mol. The number of carbonyl (C=O) groups excluding carboxylic acids is 1. The topological polar surface area (TPSA) is 59.4 Å². The Morgan fingerprint density at radius 2 is 2.00 bits per heavy atom. The van der Waals surface area contributed by atoms with E-state index in [1.807, 2.05) is 41.4 Å². The monoisotopic (exact) mass is 370 g/mol. The normalized spacial score (nSPS) is 15.1. The average Bonchev–Trinajstić information content (AvgIpc) is 3.05. The molecule has 146 valence electrons. The maximum Gasteiger partial charge on any atom is 0.317 e. The van der Waals surface area contributed by atoms with Crippen LogP contribution in [-0.4, -0.2) is 47.3 Å². The summed E-state index contributed by atoms with van der Waals surface area (Å²) in [6.45, 7) is 5.83. The van der Waals surface area contributed by atoms with E-state index in [9.17, 15) is 4.79 Å². The van der Waals surface area contributed by atoms with Crippen molar-refractivity contribution in [3.05, 3.63) is 53.6 Å². The molecule has 27 heavy (non-hydrogen) atoms. The van der Waals surface area contributed by atoms with E-state index in [-0.39, 0.29) is 6.03 Å². The van der Waals surface area contributed by atoms with E-state index in [1.165, 1.54) is 5.69 Å². The van der Waals surface area contributed by atoms with E-state index in [2.05, 4.69) is 21.8 Å². The molecular weight excluding hydrogens is 340 g/mol. The van der Waals surface area contributed by atoms with Crippen LogP contribution < -0.4 is 5.32 Å². The maximum atomic E-state index is 12.4. The first-order chi connectivity index (χ1) is 13.2. The van der Waals surface area contributed by atoms with E-state index in [1.54, 1.807) is 7.11 Å². The van der Waals surface area contributed by atoms with Crippen LogP contribution in [0.4, 0.5) is 4.79 Å². The zero-order chi connectivity index (χ0) is 19.1. The predicted octanol–water partition coefficient (Wildman–Crippen LogP) is 3.00. The van der Waals surface area contributed by atoms with Crippen molar-refractivity contribution >= 4 is 6.03 Å². The number of methoxy groups -OCH3 is 1. The molecule has 1 aliphatic rings. The number of benzene rings is 1. The van der Waals surface area contributed by atoms with Crippen LogP contribution >= 0.6 is 0 Å². The van der Waals surface area contributed by atoms with Crippen LogP contribution in [-0.2, 0) is 24.2 Å². The van der Waals surface area contributed by atoms with Gasteiger partial charge in [0.1, 0.15) is 5.82 Å². The van der Waals surface area contributed by atoms with Crippen molar-refractivity contribution in [2.75, 3.05) is 26.8 Å². The maximum absolute atomic E-state index is 12.4. The third-order valence-electron chi connectivity index (χ3n) is 5.32. The Labute approximate surface area is 161 Å². The highest BCUT2D eigenvalue weighted by Gasteiger charge is 2.24. The summed E-state index contributed by atoms with van der Waals surface area (Å²) in [6, 6.07) is 10.1. The summed E-state index contributed by atoms with van der Waals surface area (Å²) >= 11 is 0. The van der Waals surface area contributed by atoms with Gasteiger partial charge >= 0.3 is 6.03 Å². The molecule has 1 saturated heterocycles. The number of likely N-dealkylation sites (tertiary alicyclic amines) is 1. The minimum atomic E-state index is 0.0368. The second kappa shape index (κ2) is 9.55. The Bertz CT molecular complexity index is 721. The molecule has 2 amide bonds. The number of aryl methyl sites for hydroxylation is 1. The molecule has 0 unspecified atom stereocenters. The number of imidazole rings is 1. The lowest BCUT2D eigenvalue weighted by Gasteiger charge is -2.32. The number of hydrogen-bond acceptors (Lipinski definition) is 3. The first kappa shape index (κ1) is 19.4. The van der Waals surface area contributed by atoms with Gasteiger partial charge in [-0.25, -0.2) is 9.78 Å². The molecule has 6 heteroatoms. The molecular formula is C21H30N4O2. The predicted molar refractivity (Wildman–Crippen MR) is 106 cm³/mol. The molecule has 1 fully saturated rings. The van der Waals surface area contributed by atoms with Crippen molar-refractivity contribution in [2.45, 2.75) is 39.3 Å². The van der Waals surface area contributed by atoms with Gasteiger partial charge in [-0.2, -0.15) is 0 Å². The zero-order valence-corrected chi connectivity index (χ0v) is 16.4. The standard InChI is InChI=1S/C21H30N4O2/c1-17-15-22-20(25(17)12-13-27-2)14-18-8-10-24(11-9-18)21(26)23-16-19-6-4-3-5-7-19/h3-7,15,18H,8-14,16H2,1-2H3,(H,23,26). The van der Waals surface area contributed by atoms with E-state index in [0.29, 0.717) is 19.1 Å². The summed E-state index contributed by atoms with van der Waals surface area (Å²) in [4.78, 5) is 18.9. The highest BCUT2D eigenvalue weighted by Crippen LogP contribution is 2.22. The van der Waals surface area contributed by atoms with Crippen molar-refractivity contribution < 1.29 is 9.53 Å². The third kappa shape index (κ3) is 5.32. The second-order valence-electron chi connectivity index (χ2n) is 7.24. The van der Waals surface area contributed by atoms with Gasteiger partial charge in [0.2, 0.25) is 0 Å². The van der Waals surface area contributed by atoms with Gasteiger partial charge in [0, 0.05) is 51.6 Å².